The van der Waals surface area contributed by atoms with E-state index in [-0.39, 0.29) is 18.7 Å². The van der Waals surface area contributed by atoms with Crippen LogP contribution in [0.25, 0.3) is 0 Å². The number of nitrogens with two attached hydrogens (primary N) is 1. The number of rotatable bonds is 3. The zero-order valence-electron chi connectivity index (χ0n) is 7.69. The summed E-state index contributed by atoms with van der Waals surface area (Å²) in [5, 5.41) is 0. The van der Waals surface area contributed by atoms with Gasteiger partial charge in [-0.05, 0) is 6.07 Å². The Hall–Kier alpha value is -0.770. The van der Waals surface area contributed by atoms with Crippen molar-refractivity contribution in [3.63, 3.8) is 0 Å². The molecule has 1 aromatic rings. The third kappa shape index (κ3) is 2.88. The molecule has 0 atom stereocenters. The topological polar surface area (TPSA) is 44.5 Å². The molecule has 0 spiro atoms. The first-order chi connectivity index (χ1) is 5.79. The maximum Gasteiger partial charge on any atom is 0.185 e. The van der Waals surface area contributed by atoms with Crippen molar-refractivity contribution in [2.24, 2.45) is 0 Å². The molecule has 0 aliphatic carbocycles. The van der Waals surface area contributed by atoms with E-state index in [4.69, 9.17) is 15.2 Å². The highest BCUT2D eigenvalue weighted by Gasteiger charge is 2.10. The lowest BCUT2D eigenvalue weighted by Crippen LogP contribution is -2.06. The molecule has 4 heteroatoms. The maximum absolute atomic E-state index is 5.71. The third-order valence-corrected chi connectivity index (χ3v) is 1.68. The molecule has 0 radical (unpaired) electrons. The van der Waals surface area contributed by atoms with E-state index in [1.165, 1.54) is 0 Å². The average molecular weight is 204 g/mol. The molecule has 0 heterocycles. The van der Waals surface area contributed by atoms with Gasteiger partial charge in [-0.2, -0.15) is 0 Å². The van der Waals surface area contributed by atoms with Crippen LogP contribution < -0.4 is 5.73 Å². The van der Waals surface area contributed by atoms with Gasteiger partial charge >= 0.3 is 0 Å². The lowest BCUT2D eigenvalue weighted by atomic mass is 10.2. The van der Waals surface area contributed by atoms with Crippen LogP contribution in [0, 0.1) is 0 Å². The fourth-order valence-corrected chi connectivity index (χ4v) is 1.08. The number of benzene rings is 1. The molecule has 3 nitrogen and oxygen atoms in total. The molecule has 0 aromatic heterocycles. The molecule has 1 rings (SSSR count). The van der Waals surface area contributed by atoms with Gasteiger partial charge in [-0.15, -0.1) is 12.4 Å². The second kappa shape index (κ2) is 5.80. The highest BCUT2D eigenvalue weighted by Crippen LogP contribution is 2.22. The zero-order chi connectivity index (χ0) is 8.97. The van der Waals surface area contributed by atoms with Gasteiger partial charge in [-0.25, -0.2) is 0 Å². The summed E-state index contributed by atoms with van der Waals surface area (Å²) in [5.74, 6) is 0. The van der Waals surface area contributed by atoms with Crippen LogP contribution in [0.4, 0.5) is 5.69 Å². The minimum atomic E-state index is -0.369. The van der Waals surface area contributed by atoms with E-state index in [9.17, 15) is 0 Å². The van der Waals surface area contributed by atoms with E-state index in [0.29, 0.717) is 5.69 Å². The van der Waals surface area contributed by atoms with Gasteiger partial charge in [-0.3, -0.25) is 0 Å². The van der Waals surface area contributed by atoms with Crippen molar-refractivity contribution in [2.45, 2.75) is 6.29 Å². The molecule has 0 unspecified atom stereocenters. The van der Waals surface area contributed by atoms with E-state index in [0.717, 1.165) is 5.56 Å². The average Bonchev–Trinajstić information content (AvgIpc) is 2.10. The van der Waals surface area contributed by atoms with Crippen molar-refractivity contribution in [2.75, 3.05) is 20.0 Å². The Bertz CT molecular complexity index is 251. The number of anilines is 1. The van der Waals surface area contributed by atoms with Crippen molar-refractivity contribution in [3.8, 4) is 0 Å². The van der Waals surface area contributed by atoms with Gasteiger partial charge in [0.05, 0.1) is 0 Å². The fraction of sp³-hybridized carbons (Fsp3) is 0.333. The molecule has 0 amide bonds. The van der Waals surface area contributed by atoms with E-state index in [2.05, 4.69) is 0 Å². The Balaban J connectivity index is 0.00000144. The van der Waals surface area contributed by atoms with Crippen LogP contribution in [0.1, 0.15) is 11.9 Å². The fourth-order valence-electron chi connectivity index (χ4n) is 1.08. The van der Waals surface area contributed by atoms with E-state index < -0.39 is 0 Å². The Morgan fingerprint density at radius 1 is 1.15 bits per heavy atom. The monoisotopic (exact) mass is 203 g/mol. The van der Waals surface area contributed by atoms with Gasteiger partial charge in [0, 0.05) is 25.5 Å². The van der Waals surface area contributed by atoms with E-state index in [1.807, 2.05) is 24.3 Å². The smallest absolute Gasteiger partial charge is 0.185 e. The molecule has 13 heavy (non-hydrogen) atoms. The molecule has 1 aromatic carbocycles. The third-order valence-electron chi connectivity index (χ3n) is 1.68. The predicted octanol–water partition coefficient (Wildman–Crippen LogP) is 1.98. The summed E-state index contributed by atoms with van der Waals surface area (Å²) in [7, 11) is 3.17. The van der Waals surface area contributed by atoms with Crippen molar-refractivity contribution in [1.82, 2.24) is 0 Å². The van der Waals surface area contributed by atoms with E-state index >= 15 is 0 Å². The number of ether oxygens (including phenoxy) is 2. The molecule has 0 aliphatic rings. The molecule has 0 bridgehead atoms. The highest BCUT2D eigenvalue weighted by atomic mass is 35.5. The number of para-hydroxylation sites is 1. The molecule has 74 valence electrons. The largest absolute Gasteiger partial charge is 0.398 e. The molecule has 0 aliphatic heterocycles. The van der Waals surface area contributed by atoms with Crippen LogP contribution in [0.2, 0.25) is 0 Å². The first-order valence-corrected chi connectivity index (χ1v) is 3.69. The Morgan fingerprint density at radius 2 is 1.69 bits per heavy atom. The summed E-state index contributed by atoms with van der Waals surface area (Å²) in [6, 6.07) is 7.48. The SMILES string of the molecule is COC(OC)c1ccccc1N.Cl. The number of hydrogen-bond acceptors (Lipinski definition) is 3. The summed E-state index contributed by atoms with van der Waals surface area (Å²) in [6.07, 6.45) is -0.369. The first kappa shape index (κ1) is 12.2. The summed E-state index contributed by atoms with van der Waals surface area (Å²) in [5.41, 5.74) is 7.26. The Kier molecular flexibility index (Phi) is 5.46. The standard InChI is InChI=1S/C9H13NO2.ClH/c1-11-9(12-2)7-5-3-4-6-8(7)10;/h3-6,9H,10H2,1-2H3;1H. The molecular weight excluding hydrogens is 190 g/mol. The van der Waals surface area contributed by atoms with Crippen molar-refractivity contribution >= 4 is 18.1 Å². The van der Waals surface area contributed by atoms with Crippen LogP contribution in [0.5, 0.6) is 0 Å². The minimum absolute atomic E-state index is 0. The van der Waals surface area contributed by atoms with Crippen molar-refractivity contribution in [3.05, 3.63) is 29.8 Å². The minimum Gasteiger partial charge on any atom is -0.398 e. The number of nitrogen functional groups attached to an aromatic ring is 1. The van der Waals surface area contributed by atoms with Crippen LogP contribution >= 0.6 is 12.4 Å². The lowest BCUT2D eigenvalue weighted by molar-refractivity contribution is -0.105. The maximum atomic E-state index is 5.71. The van der Waals surface area contributed by atoms with Gasteiger partial charge in [0.1, 0.15) is 0 Å². The van der Waals surface area contributed by atoms with Gasteiger partial charge in [0.2, 0.25) is 0 Å². The summed E-state index contributed by atoms with van der Waals surface area (Å²) >= 11 is 0. The number of hydrogen-bond donors (Lipinski definition) is 1. The van der Waals surface area contributed by atoms with Gasteiger partial charge in [0.25, 0.3) is 0 Å². The van der Waals surface area contributed by atoms with Gasteiger partial charge < -0.3 is 15.2 Å². The summed E-state index contributed by atoms with van der Waals surface area (Å²) in [4.78, 5) is 0. The molecule has 0 saturated heterocycles. The molecule has 0 fully saturated rings. The van der Waals surface area contributed by atoms with Crippen molar-refractivity contribution in [1.29, 1.82) is 0 Å². The predicted molar refractivity (Wildman–Crippen MR) is 54.9 cm³/mol. The molecular formula is C9H14ClNO2. The zero-order valence-corrected chi connectivity index (χ0v) is 8.51. The van der Waals surface area contributed by atoms with Crippen LogP contribution in [-0.4, -0.2) is 14.2 Å². The van der Waals surface area contributed by atoms with Crippen molar-refractivity contribution < 1.29 is 9.47 Å². The quantitative estimate of drug-likeness (QED) is 0.604. The molecule has 0 saturated carbocycles. The normalized spacial score (nSPS) is 9.77. The Morgan fingerprint density at radius 3 is 2.15 bits per heavy atom. The Labute approximate surface area is 84.2 Å². The summed E-state index contributed by atoms with van der Waals surface area (Å²) < 4.78 is 10.1. The van der Waals surface area contributed by atoms with E-state index in [1.54, 1.807) is 14.2 Å². The second-order valence-corrected chi connectivity index (χ2v) is 2.43. The first-order valence-electron chi connectivity index (χ1n) is 3.69. The highest BCUT2D eigenvalue weighted by molar-refractivity contribution is 5.85. The summed E-state index contributed by atoms with van der Waals surface area (Å²) in [6.45, 7) is 0. The van der Waals surface area contributed by atoms with Crippen LogP contribution in [0.15, 0.2) is 24.3 Å². The lowest BCUT2D eigenvalue weighted by Gasteiger charge is -2.15. The van der Waals surface area contributed by atoms with Crippen LogP contribution in [0.3, 0.4) is 0 Å². The second-order valence-electron chi connectivity index (χ2n) is 2.43. The van der Waals surface area contributed by atoms with Crippen LogP contribution in [-0.2, 0) is 9.47 Å². The van der Waals surface area contributed by atoms with Gasteiger partial charge in [0.15, 0.2) is 6.29 Å². The number of methoxy groups -OCH3 is 2. The number of halogens is 1. The van der Waals surface area contributed by atoms with Gasteiger partial charge in [-0.1, -0.05) is 18.2 Å². The molecule has 2 N–H and O–H groups in total.